The Morgan fingerprint density at radius 1 is 1.05 bits per heavy atom. The number of rotatable bonds is 3. The second-order valence-corrected chi connectivity index (χ2v) is 4.50. The van der Waals surface area contributed by atoms with Gasteiger partial charge in [0.25, 0.3) is 5.17 Å². The number of nitrogens with one attached hydrogen (secondary N) is 1. The molecule has 0 aliphatic heterocycles. The van der Waals surface area contributed by atoms with Gasteiger partial charge in [-0.3, -0.25) is 0 Å². The minimum atomic E-state index is 0.288. The van der Waals surface area contributed by atoms with E-state index in [-0.39, 0.29) is 5.17 Å². The molecule has 1 aromatic heterocycles. The number of thiocarbonyl (C=S) groups is 1. The van der Waals surface area contributed by atoms with E-state index in [1.54, 1.807) is 4.68 Å². The molecule has 7 heteroatoms. The van der Waals surface area contributed by atoms with Crippen LogP contribution in [0.1, 0.15) is 0 Å². The number of hydrogen-bond donors (Lipinski definition) is 1. The first-order valence-corrected chi connectivity index (χ1v) is 6.59. The van der Waals surface area contributed by atoms with E-state index < -0.39 is 0 Å². The molecule has 0 fully saturated rings. The Labute approximate surface area is 126 Å². The van der Waals surface area contributed by atoms with Crippen molar-refractivity contribution in [1.82, 2.24) is 20.2 Å². The number of ether oxygens (including phenoxy) is 1. The van der Waals surface area contributed by atoms with Gasteiger partial charge >= 0.3 is 0 Å². The van der Waals surface area contributed by atoms with E-state index in [0.717, 1.165) is 11.4 Å². The van der Waals surface area contributed by atoms with Gasteiger partial charge in [-0.05, 0) is 59.0 Å². The van der Waals surface area contributed by atoms with E-state index in [1.807, 2.05) is 54.6 Å². The van der Waals surface area contributed by atoms with Crippen molar-refractivity contribution >= 4 is 23.1 Å². The van der Waals surface area contributed by atoms with Crippen molar-refractivity contribution in [2.75, 3.05) is 5.32 Å². The zero-order valence-corrected chi connectivity index (χ0v) is 11.7. The third-order valence-corrected chi connectivity index (χ3v) is 2.87. The molecule has 6 nitrogen and oxygen atoms in total. The zero-order chi connectivity index (χ0) is 14.5. The van der Waals surface area contributed by atoms with Crippen LogP contribution in [-0.4, -0.2) is 25.4 Å². The lowest BCUT2D eigenvalue weighted by atomic mass is 10.3. The smallest absolute Gasteiger partial charge is 0.266 e. The topological polar surface area (TPSA) is 64.9 Å². The first-order chi connectivity index (χ1) is 10.3. The van der Waals surface area contributed by atoms with Gasteiger partial charge < -0.3 is 10.1 Å². The first-order valence-electron chi connectivity index (χ1n) is 6.18. The second-order valence-electron chi connectivity index (χ2n) is 4.13. The SMILES string of the molecule is S=C(Nc1ccc(-n2cnnn2)cc1)Oc1ccccc1. The van der Waals surface area contributed by atoms with Crippen LogP contribution in [0.15, 0.2) is 60.9 Å². The lowest BCUT2D eigenvalue weighted by Crippen LogP contribution is -2.16. The minimum Gasteiger partial charge on any atom is -0.432 e. The fourth-order valence-corrected chi connectivity index (χ4v) is 1.93. The molecule has 0 aliphatic carbocycles. The molecule has 1 N–H and O–H groups in total. The average Bonchev–Trinajstić information content (AvgIpc) is 3.03. The molecule has 21 heavy (non-hydrogen) atoms. The number of aromatic nitrogens is 4. The maximum atomic E-state index is 5.50. The number of para-hydroxylation sites is 1. The molecule has 3 aromatic rings. The van der Waals surface area contributed by atoms with E-state index in [2.05, 4.69) is 20.8 Å². The molecule has 0 saturated heterocycles. The van der Waals surface area contributed by atoms with Crippen LogP contribution in [0.5, 0.6) is 5.75 Å². The molecule has 0 aliphatic rings. The van der Waals surface area contributed by atoms with Gasteiger partial charge in [-0.1, -0.05) is 18.2 Å². The number of hydrogen-bond acceptors (Lipinski definition) is 5. The van der Waals surface area contributed by atoms with Gasteiger partial charge in [-0.15, -0.1) is 5.10 Å². The lowest BCUT2D eigenvalue weighted by molar-refractivity contribution is 0.563. The number of benzene rings is 2. The van der Waals surface area contributed by atoms with Crippen molar-refractivity contribution in [3.8, 4) is 11.4 Å². The van der Waals surface area contributed by atoms with Crippen molar-refractivity contribution < 1.29 is 4.74 Å². The van der Waals surface area contributed by atoms with Gasteiger partial charge in [-0.25, -0.2) is 4.68 Å². The molecule has 0 radical (unpaired) electrons. The molecule has 1 heterocycles. The normalized spacial score (nSPS) is 10.1. The predicted octanol–water partition coefficient (Wildman–Crippen LogP) is 2.44. The van der Waals surface area contributed by atoms with Crippen LogP contribution >= 0.6 is 12.2 Å². The van der Waals surface area contributed by atoms with Gasteiger partial charge in [0, 0.05) is 5.69 Å². The maximum Gasteiger partial charge on any atom is 0.266 e. The maximum absolute atomic E-state index is 5.50. The Morgan fingerprint density at radius 3 is 2.48 bits per heavy atom. The zero-order valence-electron chi connectivity index (χ0n) is 10.9. The Kier molecular flexibility index (Phi) is 3.83. The third-order valence-electron chi connectivity index (χ3n) is 2.68. The standard InChI is InChI=1S/C14H11N5OS/c21-14(20-13-4-2-1-3-5-13)16-11-6-8-12(9-7-11)19-10-15-17-18-19/h1-10H,(H,16,21). The Bertz CT molecular complexity index is 713. The predicted molar refractivity (Wildman–Crippen MR) is 82.4 cm³/mol. The van der Waals surface area contributed by atoms with Crippen molar-refractivity contribution in [2.24, 2.45) is 0 Å². The fourth-order valence-electron chi connectivity index (χ4n) is 1.72. The monoisotopic (exact) mass is 297 g/mol. The summed E-state index contributed by atoms with van der Waals surface area (Å²) >= 11 is 5.16. The Morgan fingerprint density at radius 2 is 1.81 bits per heavy atom. The molecule has 2 aromatic carbocycles. The highest BCUT2D eigenvalue weighted by Crippen LogP contribution is 2.14. The molecule has 0 saturated carbocycles. The van der Waals surface area contributed by atoms with Gasteiger partial charge in [0.05, 0.1) is 5.69 Å². The van der Waals surface area contributed by atoms with Crippen LogP contribution in [0.25, 0.3) is 5.69 Å². The molecule has 3 rings (SSSR count). The van der Waals surface area contributed by atoms with Gasteiger partial charge in [0.15, 0.2) is 0 Å². The van der Waals surface area contributed by atoms with E-state index in [1.165, 1.54) is 6.33 Å². The van der Waals surface area contributed by atoms with Crippen LogP contribution in [0.3, 0.4) is 0 Å². The molecule has 0 amide bonds. The summed E-state index contributed by atoms with van der Waals surface area (Å²) in [6.45, 7) is 0. The summed E-state index contributed by atoms with van der Waals surface area (Å²) in [5.41, 5.74) is 1.69. The van der Waals surface area contributed by atoms with E-state index in [0.29, 0.717) is 5.75 Å². The molecule has 0 spiro atoms. The second kappa shape index (κ2) is 6.10. The summed E-state index contributed by atoms with van der Waals surface area (Å²) < 4.78 is 7.08. The Balaban J connectivity index is 1.64. The summed E-state index contributed by atoms with van der Waals surface area (Å²) in [4.78, 5) is 0. The summed E-state index contributed by atoms with van der Waals surface area (Å²) in [5, 5.41) is 14.3. The summed E-state index contributed by atoms with van der Waals surface area (Å²) in [6, 6.07) is 16.9. The van der Waals surface area contributed by atoms with Crippen molar-refractivity contribution in [3.63, 3.8) is 0 Å². The van der Waals surface area contributed by atoms with E-state index >= 15 is 0 Å². The molecular weight excluding hydrogens is 286 g/mol. The highest BCUT2D eigenvalue weighted by molar-refractivity contribution is 7.80. The number of tetrazole rings is 1. The Hall–Kier alpha value is -2.80. The van der Waals surface area contributed by atoms with E-state index in [9.17, 15) is 0 Å². The number of nitrogens with zero attached hydrogens (tertiary/aromatic N) is 4. The van der Waals surface area contributed by atoms with Crippen LogP contribution < -0.4 is 10.1 Å². The highest BCUT2D eigenvalue weighted by Gasteiger charge is 2.02. The van der Waals surface area contributed by atoms with Crippen molar-refractivity contribution in [1.29, 1.82) is 0 Å². The van der Waals surface area contributed by atoms with Crippen LogP contribution in [0.2, 0.25) is 0 Å². The molecule has 0 bridgehead atoms. The molecule has 0 unspecified atom stereocenters. The number of anilines is 1. The summed E-state index contributed by atoms with van der Waals surface area (Å²) in [7, 11) is 0. The van der Waals surface area contributed by atoms with Crippen LogP contribution in [0.4, 0.5) is 5.69 Å². The first kappa shape index (κ1) is 13.2. The van der Waals surface area contributed by atoms with Crippen LogP contribution in [-0.2, 0) is 0 Å². The largest absolute Gasteiger partial charge is 0.432 e. The lowest BCUT2D eigenvalue weighted by Gasteiger charge is -2.09. The summed E-state index contributed by atoms with van der Waals surface area (Å²) in [5.74, 6) is 0.695. The highest BCUT2D eigenvalue weighted by atomic mass is 32.1. The van der Waals surface area contributed by atoms with Gasteiger partial charge in [0.2, 0.25) is 0 Å². The quantitative estimate of drug-likeness (QED) is 0.749. The third kappa shape index (κ3) is 3.40. The molecule has 0 atom stereocenters. The van der Waals surface area contributed by atoms with Crippen LogP contribution in [0, 0.1) is 0 Å². The van der Waals surface area contributed by atoms with Gasteiger partial charge in [0.1, 0.15) is 12.1 Å². The van der Waals surface area contributed by atoms with Crippen molar-refractivity contribution in [3.05, 3.63) is 60.9 Å². The van der Waals surface area contributed by atoms with E-state index in [4.69, 9.17) is 17.0 Å². The fraction of sp³-hybridized carbons (Fsp3) is 0. The average molecular weight is 297 g/mol. The molecule has 104 valence electrons. The van der Waals surface area contributed by atoms with Crippen molar-refractivity contribution in [2.45, 2.75) is 0 Å². The molecular formula is C14H11N5OS. The van der Waals surface area contributed by atoms with Gasteiger partial charge in [-0.2, -0.15) is 0 Å². The minimum absolute atomic E-state index is 0.288. The summed E-state index contributed by atoms with van der Waals surface area (Å²) in [6.07, 6.45) is 1.53.